The highest BCUT2D eigenvalue weighted by Gasteiger charge is 2.45. The minimum absolute atomic E-state index is 0.191. The Morgan fingerprint density at radius 2 is 1.53 bits per heavy atom. The van der Waals surface area contributed by atoms with E-state index in [1.165, 1.54) is 18.7 Å². The number of hydrogen-bond donors (Lipinski definition) is 0. The largest absolute Gasteiger partial charge is 0.491 e. The van der Waals surface area contributed by atoms with Crippen molar-refractivity contribution in [2.75, 3.05) is 27.2 Å². The summed E-state index contributed by atoms with van der Waals surface area (Å²) in [6.45, 7) is 1.91. The summed E-state index contributed by atoms with van der Waals surface area (Å²) in [6.07, 6.45) is -5.54. The minimum atomic E-state index is -5.28. The number of benzene rings is 3. The average Bonchev–Trinajstić information content (AvgIpc) is 3.29. The first-order valence-electron chi connectivity index (χ1n) is 13.8. The molecule has 0 radical (unpaired) electrons. The fourth-order valence-electron chi connectivity index (χ4n) is 5.75. The lowest BCUT2D eigenvalue weighted by atomic mass is 9.89. The van der Waals surface area contributed by atoms with Crippen molar-refractivity contribution in [2.45, 2.75) is 37.7 Å². The molecule has 6 nitrogen and oxygen atoms in total. The molecule has 1 amide bonds. The molecule has 1 unspecified atom stereocenters. The first-order valence-corrected chi connectivity index (χ1v) is 14.6. The summed E-state index contributed by atoms with van der Waals surface area (Å²) in [4.78, 5) is 28.9. The van der Waals surface area contributed by atoms with E-state index in [-0.39, 0.29) is 5.92 Å². The molecule has 2 heterocycles. The van der Waals surface area contributed by atoms with Gasteiger partial charge < -0.3 is 9.64 Å². The second-order valence-electron chi connectivity index (χ2n) is 10.8. The van der Waals surface area contributed by atoms with Gasteiger partial charge in [-0.2, -0.15) is 13.2 Å². The highest BCUT2D eigenvalue weighted by molar-refractivity contribution is 6.36. The lowest BCUT2D eigenvalue weighted by molar-refractivity contribution is -0.210. The number of rotatable bonds is 7. The van der Waals surface area contributed by atoms with Crippen LogP contribution in [0.15, 0.2) is 72.8 Å². The van der Waals surface area contributed by atoms with Crippen molar-refractivity contribution in [2.24, 2.45) is 0 Å². The number of para-hydroxylation sites is 1. The van der Waals surface area contributed by atoms with Gasteiger partial charge in [0.05, 0.1) is 11.2 Å². The highest BCUT2D eigenvalue weighted by Crippen LogP contribution is 2.41. The monoisotopic (exact) mass is 631 g/mol. The third-order valence-corrected chi connectivity index (χ3v) is 8.44. The summed E-state index contributed by atoms with van der Waals surface area (Å²) in [5, 5.41) is 2.04. The number of hydrogen-bond acceptors (Lipinski definition) is 4. The number of halogens is 5. The highest BCUT2D eigenvalue weighted by atomic mass is 35.5. The predicted molar refractivity (Wildman–Crippen MR) is 161 cm³/mol. The zero-order valence-electron chi connectivity index (χ0n) is 23.6. The van der Waals surface area contributed by atoms with E-state index in [0.29, 0.717) is 33.4 Å². The van der Waals surface area contributed by atoms with Gasteiger partial charge in [-0.1, -0.05) is 77.8 Å². The number of carbonyl (C=O) groups is 2. The van der Waals surface area contributed by atoms with Crippen LogP contribution in [0.2, 0.25) is 10.0 Å². The van der Waals surface area contributed by atoms with E-state index in [0.717, 1.165) is 47.3 Å². The summed E-state index contributed by atoms with van der Waals surface area (Å²) in [6, 6.07) is 21.7. The van der Waals surface area contributed by atoms with Gasteiger partial charge in [-0.05, 0) is 66.7 Å². The number of esters is 1. The van der Waals surface area contributed by atoms with Crippen molar-refractivity contribution >= 4 is 46.0 Å². The number of fused-ring (bicyclic) bond motifs is 1. The third kappa shape index (κ3) is 6.39. The maximum atomic E-state index is 13.4. The van der Waals surface area contributed by atoms with E-state index in [1.54, 1.807) is 12.1 Å². The fourth-order valence-corrected chi connectivity index (χ4v) is 6.46. The van der Waals surface area contributed by atoms with Crippen LogP contribution in [-0.4, -0.2) is 59.6 Å². The van der Waals surface area contributed by atoms with Crippen LogP contribution < -0.4 is 0 Å². The molecule has 1 saturated heterocycles. The van der Waals surface area contributed by atoms with Crippen molar-refractivity contribution in [1.29, 1.82) is 0 Å². The topological polar surface area (TPSA) is 54.8 Å². The Morgan fingerprint density at radius 3 is 2.14 bits per heavy atom. The zero-order valence-corrected chi connectivity index (χ0v) is 25.1. The Labute approximate surface area is 257 Å². The summed E-state index contributed by atoms with van der Waals surface area (Å²) < 4.78 is 46.6. The van der Waals surface area contributed by atoms with E-state index in [9.17, 15) is 22.8 Å². The molecule has 1 aliphatic rings. The van der Waals surface area contributed by atoms with Crippen molar-refractivity contribution in [3.05, 3.63) is 94.0 Å². The fraction of sp³-hybridized carbons (Fsp3) is 0.312. The quantitative estimate of drug-likeness (QED) is 0.196. The maximum Gasteiger partial charge on any atom is 0.491 e. The third-order valence-electron chi connectivity index (χ3n) is 7.78. The smallest absolute Gasteiger partial charge is 0.425 e. The average molecular weight is 633 g/mol. The SMILES string of the molecule is CN(C)C(=O)C(OC(=O)C(F)(F)F)n1c(-c2ccccc2)c(CN2CCC(c3c(Cl)cccc3Cl)CC2)c2ccccc21. The zero-order chi connectivity index (χ0) is 30.9. The van der Waals surface area contributed by atoms with E-state index in [4.69, 9.17) is 27.9 Å². The summed E-state index contributed by atoms with van der Waals surface area (Å²) >= 11 is 13.0. The Balaban J connectivity index is 1.59. The second-order valence-corrected chi connectivity index (χ2v) is 11.6. The molecule has 1 aliphatic heterocycles. The van der Waals surface area contributed by atoms with Crippen molar-refractivity contribution in [1.82, 2.24) is 14.4 Å². The predicted octanol–water partition coefficient (Wildman–Crippen LogP) is 7.69. The van der Waals surface area contributed by atoms with Crippen LogP contribution in [0, 0.1) is 0 Å². The standard InChI is InChI=1S/C32H30Cl2F3N3O3/c1-38(2)29(41)30(43-31(42)32(35,36)37)40-26-14-7-6-11-22(26)23(28(40)21-9-4-3-5-10-21)19-39-17-15-20(16-18-39)27-24(33)12-8-13-25(27)34/h3-14,20,30H,15-19H2,1-2H3. The van der Waals surface area contributed by atoms with Crippen LogP contribution >= 0.6 is 23.2 Å². The minimum Gasteiger partial charge on any atom is -0.425 e. The first-order chi connectivity index (χ1) is 20.5. The van der Waals surface area contributed by atoms with Crippen molar-refractivity contribution in [3.63, 3.8) is 0 Å². The molecule has 0 bridgehead atoms. The van der Waals surface area contributed by atoms with Crippen LogP contribution in [-0.2, 0) is 20.9 Å². The molecule has 0 aliphatic carbocycles. The van der Waals surface area contributed by atoms with E-state index in [1.807, 2.05) is 60.7 Å². The van der Waals surface area contributed by atoms with Crippen LogP contribution in [0.3, 0.4) is 0 Å². The molecule has 5 rings (SSSR count). The van der Waals surface area contributed by atoms with E-state index < -0.39 is 24.3 Å². The number of amides is 1. The summed E-state index contributed by atoms with van der Waals surface area (Å²) in [5.41, 5.74) is 3.42. The van der Waals surface area contributed by atoms with E-state index in [2.05, 4.69) is 4.90 Å². The number of likely N-dealkylation sites (tertiary alicyclic amines) is 1. The van der Waals surface area contributed by atoms with Gasteiger partial charge in [0.25, 0.3) is 12.1 Å². The Morgan fingerprint density at radius 1 is 0.930 bits per heavy atom. The normalized spacial score (nSPS) is 15.4. The van der Waals surface area contributed by atoms with Gasteiger partial charge in [0.15, 0.2) is 0 Å². The van der Waals surface area contributed by atoms with Gasteiger partial charge in [0.2, 0.25) is 0 Å². The Kier molecular flexibility index (Phi) is 9.06. The van der Waals surface area contributed by atoms with Crippen LogP contribution in [0.25, 0.3) is 22.2 Å². The molecule has 1 aromatic heterocycles. The molecule has 0 saturated carbocycles. The summed E-state index contributed by atoms with van der Waals surface area (Å²) in [7, 11) is 2.81. The van der Waals surface area contributed by atoms with Gasteiger partial charge in [0, 0.05) is 36.1 Å². The molecule has 43 heavy (non-hydrogen) atoms. The molecule has 3 aromatic carbocycles. The van der Waals surface area contributed by atoms with Gasteiger partial charge in [0.1, 0.15) is 0 Å². The number of likely N-dealkylation sites (N-methyl/N-ethyl adjacent to an activating group) is 1. The maximum absolute atomic E-state index is 13.4. The van der Waals surface area contributed by atoms with Gasteiger partial charge in [-0.3, -0.25) is 14.3 Å². The number of alkyl halides is 3. The molecular formula is C32H30Cl2F3N3O3. The number of carbonyl (C=O) groups excluding carboxylic acids is 2. The number of piperidine rings is 1. The van der Waals surface area contributed by atoms with Crippen molar-refractivity contribution < 1.29 is 27.5 Å². The van der Waals surface area contributed by atoms with Crippen molar-refractivity contribution in [3.8, 4) is 11.3 Å². The molecule has 0 N–H and O–H groups in total. The molecule has 1 fully saturated rings. The molecular weight excluding hydrogens is 602 g/mol. The molecule has 0 spiro atoms. The number of nitrogens with zero attached hydrogens (tertiary/aromatic N) is 3. The van der Waals surface area contributed by atoms with Gasteiger partial charge in [-0.25, -0.2) is 4.79 Å². The Bertz CT molecular complexity index is 1610. The van der Waals surface area contributed by atoms with Crippen LogP contribution in [0.5, 0.6) is 0 Å². The number of aromatic nitrogens is 1. The first kappa shape index (κ1) is 30.9. The molecule has 11 heteroatoms. The lowest BCUT2D eigenvalue weighted by Crippen LogP contribution is -2.38. The second kappa shape index (κ2) is 12.6. The van der Waals surface area contributed by atoms with Crippen LogP contribution in [0.4, 0.5) is 13.2 Å². The Hall–Kier alpha value is -3.53. The van der Waals surface area contributed by atoms with Crippen LogP contribution in [0.1, 0.15) is 36.1 Å². The molecule has 1 atom stereocenters. The van der Waals surface area contributed by atoms with Gasteiger partial charge >= 0.3 is 12.1 Å². The van der Waals surface area contributed by atoms with E-state index >= 15 is 0 Å². The molecule has 4 aromatic rings. The summed E-state index contributed by atoms with van der Waals surface area (Å²) in [5.74, 6) is -3.05. The van der Waals surface area contributed by atoms with Gasteiger partial charge in [-0.15, -0.1) is 0 Å². The molecule has 226 valence electrons. The lowest BCUT2D eigenvalue weighted by Gasteiger charge is -2.33. The number of ether oxygens (including phenoxy) is 1.